The smallest absolute Gasteiger partial charge is 0.387 e. The van der Waals surface area contributed by atoms with E-state index in [1.54, 1.807) is 19.1 Å². The molecule has 0 radical (unpaired) electrons. The van der Waals surface area contributed by atoms with Crippen molar-refractivity contribution in [3.8, 4) is 5.75 Å². The molecule has 4 nitrogen and oxygen atoms in total. The molecule has 0 spiro atoms. The van der Waals surface area contributed by atoms with Crippen molar-refractivity contribution in [2.75, 3.05) is 0 Å². The third-order valence-electron chi connectivity index (χ3n) is 4.18. The van der Waals surface area contributed by atoms with Gasteiger partial charge in [0.25, 0.3) is 5.91 Å². The van der Waals surface area contributed by atoms with Gasteiger partial charge in [-0.05, 0) is 37.1 Å². The van der Waals surface area contributed by atoms with E-state index in [0.717, 1.165) is 10.6 Å². The van der Waals surface area contributed by atoms with Crippen molar-refractivity contribution >= 4 is 17.2 Å². The number of rotatable bonds is 7. The molecule has 1 unspecified atom stereocenters. The van der Waals surface area contributed by atoms with Crippen molar-refractivity contribution in [2.24, 2.45) is 0 Å². The van der Waals surface area contributed by atoms with Crippen LogP contribution in [0.1, 0.15) is 44.5 Å². The third kappa shape index (κ3) is 5.13. The number of aryl methyl sites for hydroxylation is 1. The third-order valence-corrected chi connectivity index (χ3v) is 5.33. The Hall–Kier alpha value is -2.80. The molecule has 0 saturated heterocycles. The number of alkyl halides is 2. The van der Waals surface area contributed by atoms with Crippen LogP contribution in [0.4, 0.5) is 8.78 Å². The molecule has 0 aliphatic rings. The molecule has 0 aliphatic heterocycles. The van der Waals surface area contributed by atoms with Gasteiger partial charge in [-0.15, -0.1) is 11.3 Å². The highest BCUT2D eigenvalue weighted by Crippen LogP contribution is 2.24. The molecule has 1 atom stereocenters. The molecule has 2 aromatic carbocycles. The summed E-state index contributed by atoms with van der Waals surface area (Å²) in [6.45, 7) is 0.713. The second kappa shape index (κ2) is 8.93. The minimum atomic E-state index is -2.89. The molecule has 28 heavy (non-hydrogen) atoms. The van der Waals surface area contributed by atoms with Crippen LogP contribution in [0.2, 0.25) is 0 Å². The van der Waals surface area contributed by atoms with Crippen LogP contribution in [0.25, 0.3) is 0 Å². The van der Waals surface area contributed by atoms with Gasteiger partial charge in [0, 0.05) is 6.42 Å². The summed E-state index contributed by atoms with van der Waals surface area (Å²) in [5.41, 5.74) is 2.49. The van der Waals surface area contributed by atoms with E-state index < -0.39 is 6.61 Å². The number of amides is 1. The fraction of sp³-hybridized carbons (Fsp3) is 0.238. The van der Waals surface area contributed by atoms with Crippen LogP contribution in [-0.4, -0.2) is 17.5 Å². The highest BCUT2D eigenvalue weighted by atomic mass is 32.1. The maximum absolute atomic E-state index is 12.7. The first-order valence-electron chi connectivity index (χ1n) is 8.78. The van der Waals surface area contributed by atoms with Gasteiger partial charge in [-0.1, -0.05) is 42.5 Å². The Bertz CT molecular complexity index is 945. The number of aromatic nitrogens is 1. The van der Waals surface area contributed by atoms with E-state index in [1.807, 2.05) is 37.3 Å². The van der Waals surface area contributed by atoms with E-state index in [4.69, 9.17) is 0 Å². The maximum Gasteiger partial charge on any atom is 0.387 e. The average molecular weight is 402 g/mol. The summed E-state index contributed by atoms with van der Waals surface area (Å²) in [6.07, 6.45) is 0.669. The quantitative estimate of drug-likeness (QED) is 0.596. The summed E-state index contributed by atoms with van der Waals surface area (Å²) in [5.74, 6) is -0.172. The lowest BCUT2D eigenvalue weighted by molar-refractivity contribution is -0.0499. The molecule has 1 aromatic heterocycles. The Morgan fingerprint density at radius 1 is 1.18 bits per heavy atom. The predicted molar refractivity (Wildman–Crippen MR) is 105 cm³/mol. The molecule has 0 bridgehead atoms. The maximum atomic E-state index is 12.7. The zero-order chi connectivity index (χ0) is 20.1. The summed E-state index contributed by atoms with van der Waals surface area (Å²) < 4.78 is 29.2. The standard InChI is InChI=1S/C21H20F2N2O2S/c1-13(16-9-6-10-17(12-16)27-21(22)23)25-20(26)19-14(2)24-18(28-19)11-15-7-4-3-5-8-15/h3-10,12-13,21H,11H2,1-2H3,(H,25,26). The van der Waals surface area contributed by atoms with Gasteiger partial charge in [0.1, 0.15) is 10.6 Å². The van der Waals surface area contributed by atoms with Gasteiger partial charge in [0.15, 0.2) is 0 Å². The fourth-order valence-corrected chi connectivity index (χ4v) is 3.82. The normalized spacial score (nSPS) is 12.0. The highest BCUT2D eigenvalue weighted by molar-refractivity contribution is 7.13. The monoisotopic (exact) mass is 402 g/mol. The van der Waals surface area contributed by atoms with Gasteiger partial charge in [-0.2, -0.15) is 8.78 Å². The van der Waals surface area contributed by atoms with Crippen molar-refractivity contribution in [1.29, 1.82) is 0 Å². The highest BCUT2D eigenvalue weighted by Gasteiger charge is 2.18. The van der Waals surface area contributed by atoms with E-state index >= 15 is 0 Å². The van der Waals surface area contributed by atoms with Crippen LogP contribution in [0, 0.1) is 6.92 Å². The number of ether oxygens (including phenoxy) is 1. The van der Waals surface area contributed by atoms with E-state index in [9.17, 15) is 13.6 Å². The molecule has 0 saturated carbocycles. The number of nitrogens with zero attached hydrogens (tertiary/aromatic N) is 1. The first-order chi connectivity index (χ1) is 13.4. The number of nitrogens with one attached hydrogen (secondary N) is 1. The van der Waals surface area contributed by atoms with Gasteiger partial charge in [-0.3, -0.25) is 4.79 Å². The number of halogens is 2. The molecule has 7 heteroatoms. The molecule has 1 heterocycles. The number of hydrogen-bond donors (Lipinski definition) is 1. The molecule has 146 valence electrons. The Labute approximate surface area is 166 Å². The van der Waals surface area contributed by atoms with Crippen LogP contribution in [0.15, 0.2) is 54.6 Å². The Morgan fingerprint density at radius 3 is 2.64 bits per heavy atom. The Balaban J connectivity index is 1.69. The fourth-order valence-electron chi connectivity index (χ4n) is 2.81. The summed E-state index contributed by atoms with van der Waals surface area (Å²) in [4.78, 5) is 17.7. The number of hydrogen-bond acceptors (Lipinski definition) is 4. The van der Waals surface area contributed by atoms with E-state index in [2.05, 4.69) is 15.0 Å². The van der Waals surface area contributed by atoms with Crippen molar-refractivity contribution in [3.05, 3.63) is 81.3 Å². The SMILES string of the molecule is Cc1nc(Cc2ccccc2)sc1C(=O)NC(C)c1cccc(OC(F)F)c1. The van der Waals surface area contributed by atoms with Crippen molar-refractivity contribution in [1.82, 2.24) is 10.3 Å². The van der Waals surface area contributed by atoms with E-state index in [-0.39, 0.29) is 17.7 Å². The zero-order valence-electron chi connectivity index (χ0n) is 15.5. The van der Waals surface area contributed by atoms with Gasteiger partial charge < -0.3 is 10.1 Å². The summed E-state index contributed by atoms with van der Waals surface area (Å²) in [6, 6.07) is 15.9. The molecular weight excluding hydrogens is 382 g/mol. The van der Waals surface area contributed by atoms with Gasteiger partial charge in [-0.25, -0.2) is 4.98 Å². The average Bonchev–Trinajstić information content (AvgIpc) is 3.02. The zero-order valence-corrected chi connectivity index (χ0v) is 16.3. The largest absolute Gasteiger partial charge is 0.435 e. The van der Waals surface area contributed by atoms with E-state index in [1.165, 1.54) is 23.5 Å². The first-order valence-corrected chi connectivity index (χ1v) is 9.60. The molecule has 3 aromatic rings. The van der Waals surface area contributed by atoms with E-state index in [0.29, 0.717) is 22.6 Å². The molecule has 1 N–H and O–H groups in total. The van der Waals surface area contributed by atoms with Crippen molar-refractivity contribution < 1.29 is 18.3 Å². The minimum absolute atomic E-state index is 0.0627. The van der Waals surface area contributed by atoms with Crippen LogP contribution in [0.5, 0.6) is 5.75 Å². The number of thiazole rings is 1. The molecule has 0 aliphatic carbocycles. The van der Waals surface area contributed by atoms with Crippen LogP contribution >= 0.6 is 11.3 Å². The Kier molecular flexibility index (Phi) is 6.36. The van der Waals surface area contributed by atoms with Gasteiger partial charge in [0.2, 0.25) is 0 Å². The van der Waals surface area contributed by atoms with Gasteiger partial charge >= 0.3 is 6.61 Å². The van der Waals surface area contributed by atoms with Crippen LogP contribution in [-0.2, 0) is 6.42 Å². The van der Waals surface area contributed by atoms with Crippen molar-refractivity contribution in [3.63, 3.8) is 0 Å². The topological polar surface area (TPSA) is 51.2 Å². The second-order valence-corrected chi connectivity index (χ2v) is 7.41. The molecule has 0 fully saturated rings. The lowest BCUT2D eigenvalue weighted by atomic mass is 10.1. The summed E-state index contributed by atoms with van der Waals surface area (Å²) in [7, 11) is 0. The summed E-state index contributed by atoms with van der Waals surface area (Å²) in [5, 5.41) is 3.77. The first kappa shape index (κ1) is 19.9. The minimum Gasteiger partial charge on any atom is -0.435 e. The number of carbonyl (C=O) groups is 1. The van der Waals surface area contributed by atoms with Crippen LogP contribution < -0.4 is 10.1 Å². The Morgan fingerprint density at radius 2 is 1.93 bits per heavy atom. The van der Waals surface area contributed by atoms with Gasteiger partial charge in [0.05, 0.1) is 16.7 Å². The molecule has 1 amide bonds. The molecular formula is C21H20F2N2O2S. The summed E-state index contributed by atoms with van der Waals surface area (Å²) >= 11 is 1.36. The number of carbonyl (C=O) groups excluding carboxylic acids is 1. The predicted octanol–water partition coefficient (Wildman–Crippen LogP) is 5.13. The number of benzene rings is 2. The van der Waals surface area contributed by atoms with Crippen LogP contribution in [0.3, 0.4) is 0 Å². The lowest BCUT2D eigenvalue weighted by Gasteiger charge is -2.15. The molecule has 3 rings (SSSR count). The van der Waals surface area contributed by atoms with Crippen molar-refractivity contribution in [2.45, 2.75) is 32.9 Å². The lowest BCUT2D eigenvalue weighted by Crippen LogP contribution is -2.26. The second-order valence-electron chi connectivity index (χ2n) is 6.33.